The van der Waals surface area contributed by atoms with E-state index in [4.69, 9.17) is 16.3 Å². The van der Waals surface area contributed by atoms with E-state index in [9.17, 15) is 13.6 Å². The first-order valence-electron chi connectivity index (χ1n) is 6.75. The highest BCUT2D eigenvalue weighted by molar-refractivity contribution is 7.99. The average molecular weight is 358 g/mol. The van der Waals surface area contributed by atoms with Gasteiger partial charge in [-0.2, -0.15) is 0 Å². The van der Waals surface area contributed by atoms with E-state index in [0.29, 0.717) is 23.1 Å². The number of carbonyl (C=O) groups excluding carboxylic acids is 1. The van der Waals surface area contributed by atoms with Gasteiger partial charge in [-0.25, -0.2) is 8.78 Å². The molecule has 0 saturated heterocycles. The minimum Gasteiger partial charge on any atom is -0.493 e. The number of hydrogen-bond donors (Lipinski definition) is 1. The molecule has 0 saturated carbocycles. The topological polar surface area (TPSA) is 38.3 Å². The summed E-state index contributed by atoms with van der Waals surface area (Å²) in [6, 6.07) is 9.99. The Balaban J connectivity index is 1.65. The Morgan fingerprint density at radius 3 is 2.61 bits per heavy atom. The first-order chi connectivity index (χ1) is 11.0. The molecular formula is C16H14ClF2NO2S. The van der Waals surface area contributed by atoms with E-state index in [0.717, 1.165) is 12.1 Å². The van der Waals surface area contributed by atoms with E-state index in [1.165, 1.54) is 17.8 Å². The van der Waals surface area contributed by atoms with E-state index in [-0.39, 0.29) is 17.3 Å². The summed E-state index contributed by atoms with van der Waals surface area (Å²) in [5.74, 6) is -0.383. The van der Waals surface area contributed by atoms with Gasteiger partial charge in [-0.15, -0.1) is 11.8 Å². The third-order valence-corrected chi connectivity index (χ3v) is 3.92. The summed E-state index contributed by atoms with van der Waals surface area (Å²) in [4.78, 5) is 11.7. The standard InChI is InChI=1S/C16H14ClF2NO2S/c17-11-1-4-13(5-2-11)22-7-8-23-10-16(21)20-15-6-3-12(18)9-14(15)19/h1-6,9H,7-8,10H2,(H,20,21). The van der Waals surface area contributed by atoms with Crippen molar-refractivity contribution in [2.24, 2.45) is 0 Å². The molecule has 1 N–H and O–H groups in total. The molecule has 3 nitrogen and oxygen atoms in total. The number of nitrogens with one attached hydrogen (secondary N) is 1. The summed E-state index contributed by atoms with van der Waals surface area (Å²) >= 11 is 7.12. The molecule has 2 aromatic rings. The van der Waals surface area contributed by atoms with Gasteiger partial charge >= 0.3 is 0 Å². The largest absolute Gasteiger partial charge is 0.493 e. The highest BCUT2D eigenvalue weighted by atomic mass is 35.5. The van der Waals surface area contributed by atoms with Gasteiger partial charge in [0.25, 0.3) is 0 Å². The lowest BCUT2D eigenvalue weighted by Crippen LogP contribution is -2.16. The fourth-order valence-corrected chi connectivity index (χ4v) is 2.42. The number of carbonyl (C=O) groups is 1. The van der Waals surface area contributed by atoms with Crippen LogP contribution in [0.25, 0.3) is 0 Å². The van der Waals surface area contributed by atoms with Crippen LogP contribution in [0.4, 0.5) is 14.5 Å². The monoisotopic (exact) mass is 357 g/mol. The molecular weight excluding hydrogens is 344 g/mol. The summed E-state index contributed by atoms with van der Waals surface area (Å²) in [6.07, 6.45) is 0. The summed E-state index contributed by atoms with van der Waals surface area (Å²) in [5.41, 5.74) is -0.0329. The summed E-state index contributed by atoms with van der Waals surface area (Å²) in [5, 5.41) is 3.03. The quantitative estimate of drug-likeness (QED) is 0.748. The van der Waals surface area contributed by atoms with E-state index < -0.39 is 11.6 Å². The van der Waals surface area contributed by atoms with Crippen LogP contribution in [0.5, 0.6) is 5.75 Å². The van der Waals surface area contributed by atoms with Crippen molar-refractivity contribution in [2.45, 2.75) is 0 Å². The molecule has 0 unspecified atom stereocenters. The van der Waals surface area contributed by atoms with Crippen molar-refractivity contribution in [3.05, 3.63) is 59.1 Å². The van der Waals surface area contributed by atoms with Crippen molar-refractivity contribution < 1.29 is 18.3 Å². The molecule has 0 aromatic heterocycles. The molecule has 0 aliphatic heterocycles. The average Bonchev–Trinajstić information content (AvgIpc) is 2.51. The number of ether oxygens (including phenoxy) is 1. The Bertz CT molecular complexity index is 668. The van der Waals surface area contributed by atoms with Gasteiger partial charge < -0.3 is 10.1 Å². The van der Waals surface area contributed by atoms with Crippen LogP contribution in [0, 0.1) is 11.6 Å². The van der Waals surface area contributed by atoms with Gasteiger partial charge in [0.05, 0.1) is 18.0 Å². The first-order valence-corrected chi connectivity index (χ1v) is 8.29. The Morgan fingerprint density at radius 1 is 1.17 bits per heavy atom. The number of thioether (sulfide) groups is 1. The second-order valence-corrected chi connectivity index (χ2v) is 6.07. The molecule has 0 atom stereocenters. The SMILES string of the molecule is O=C(CSCCOc1ccc(Cl)cc1)Nc1ccc(F)cc1F. The number of anilines is 1. The summed E-state index contributed by atoms with van der Waals surface area (Å²) in [7, 11) is 0. The van der Waals surface area contributed by atoms with Crippen LogP contribution in [0.15, 0.2) is 42.5 Å². The lowest BCUT2D eigenvalue weighted by Gasteiger charge is -2.07. The third-order valence-electron chi connectivity index (χ3n) is 2.75. The second kappa shape index (κ2) is 8.74. The molecule has 0 heterocycles. The van der Waals surface area contributed by atoms with Crippen LogP contribution < -0.4 is 10.1 Å². The molecule has 0 aliphatic carbocycles. The fourth-order valence-electron chi connectivity index (χ4n) is 1.69. The van der Waals surface area contributed by atoms with Crippen molar-refractivity contribution in [1.29, 1.82) is 0 Å². The maximum Gasteiger partial charge on any atom is 0.234 e. The zero-order valence-electron chi connectivity index (χ0n) is 12.0. The number of halogens is 3. The molecule has 0 fully saturated rings. The van der Waals surface area contributed by atoms with Crippen LogP contribution in [-0.4, -0.2) is 24.0 Å². The van der Waals surface area contributed by atoms with Gasteiger partial charge in [-0.3, -0.25) is 4.79 Å². The van der Waals surface area contributed by atoms with Crippen molar-refractivity contribution >= 4 is 35.0 Å². The molecule has 0 spiro atoms. The molecule has 2 aromatic carbocycles. The number of benzene rings is 2. The van der Waals surface area contributed by atoms with Gasteiger partial charge in [0.15, 0.2) is 0 Å². The van der Waals surface area contributed by atoms with Crippen LogP contribution >= 0.6 is 23.4 Å². The number of rotatable bonds is 7. The van der Waals surface area contributed by atoms with Gasteiger partial charge in [0, 0.05) is 16.8 Å². The fraction of sp³-hybridized carbons (Fsp3) is 0.188. The number of amides is 1. The maximum atomic E-state index is 13.4. The van der Waals surface area contributed by atoms with Crippen molar-refractivity contribution in [2.75, 3.05) is 23.4 Å². The molecule has 0 radical (unpaired) electrons. The molecule has 122 valence electrons. The highest BCUT2D eigenvalue weighted by Crippen LogP contribution is 2.17. The smallest absolute Gasteiger partial charge is 0.234 e. The molecule has 1 amide bonds. The van der Waals surface area contributed by atoms with E-state index in [1.54, 1.807) is 24.3 Å². The lowest BCUT2D eigenvalue weighted by atomic mass is 10.3. The van der Waals surface area contributed by atoms with Crippen molar-refractivity contribution in [3.8, 4) is 5.75 Å². The Hall–Kier alpha value is -1.79. The van der Waals surface area contributed by atoms with E-state index in [1.807, 2.05) is 0 Å². The normalized spacial score (nSPS) is 10.4. The van der Waals surface area contributed by atoms with Gasteiger partial charge in [0.2, 0.25) is 5.91 Å². The predicted molar refractivity (Wildman–Crippen MR) is 89.3 cm³/mol. The van der Waals surface area contributed by atoms with Crippen molar-refractivity contribution in [1.82, 2.24) is 0 Å². The van der Waals surface area contributed by atoms with Crippen LogP contribution in [-0.2, 0) is 4.79 Å². The minimum absolute atomic E-state index is 0.0329. The minimum atomic E-state index is -0.797. The molecule has 23 heavy (non-hydrogen) atoms. The van der Waals surface area contributed by atoms with Gasteiger partial charge in [-0.05, 0) is 36.4 Å². The van der Waals surface area contributed by atoms with Crippen LogP contribution in [0.1, 0.15) is 0 Å². The third kappa shape index (κ3) is 6.08. The number of hydrogen-bond acceptors (Lipinski definition) is 3. The van der Waals surface area contributed by atoms with Crippen molar-refractivity contribution in [3.63, 3.8) is 0 Å². The first kappa shape index (κ1) is 17.6. The van der Waals surface area contributed by atoms with E-state index >= 15 is 0 Å². The lowest BCUT2D eigenvalue weighted by molar-refractivity contribution is -0.113. The van der Waals surface area contributed by atoms with Crippen LogP contribution in [0.3, 0.4) is 0 Å². The van der Waals surface area contributed by atoms with Crippen LogP contribution in [0.2, 0.25) is 5.02 Å². The molecule has 2 rings (SSSR count). The zero-order valence-corrected chi connectivity index (χ0v) is 13.6. The Morgan fingerprint density at radius 2 is 1.91 bits per heavy atom. The highest BCUT2D eigenvalue weighted by Gasteiger charge is 2.08. The summed E-state index contributed by atoms with van der Waals surface area (Å²) < 4.78 is 31.6. The molecule has 0 bridgehead atoms. The predicted octanol–water partition coefficient (Wildman–Crippen LogP) is 4.37. The molecule has 7 heteroatoms. The van der Waals surface area contributed by atoms with Gasteiger partial charge in [-0.1, -0.05) is 11.6 Å². The van der Waals surface area contributed by atoms with Gasteiger partial charge in [0.1, 0.15) is 17.4 Å². The second-order valence-electron chi connectivity index (χ2n) is 4.53. The summed E-state index contributed by atoms with van der Waals surface area (Å²) in [6.45, 7) is 0.435. The maximum absolute atomic E-state index is 13.4. The molecule has 0 aliphatic rings. The Labute approximate surface area is 142 Å². The Kier molecular flexibility index (Phi) is 6.67. The van der Waals surface area contributed by atoms with E-state index in [2.05, 4.69) is 5.32 Å². The zero-order chi connectivity index (χ0) is 16.7.